The van der Waals surface area contributed by atoms with Gasteiger partial charge in [0.1, 0.15) is 0 Å². The second-order valence-corrected chi connectivity index (χ2v) is 5.68. The van der Waals surface area contributed by atoms with Gasteiger partial charge in [-0.05, 0) is 38.8 Å². The van der Waals surface area contributed by atoms with Crippen molar-refractivity contribution >= 4 is 11.7 Å². The summed E-state index contributed by atoms with van der Waals surface area (Å²) >= 11 is 0. The molecule has 0 bridgehead atoms. The molecule has 1 aromatic carbocycles. The number of benzene rings is 1. The summed E-state index contributed by atoms with van der Waals surface area (Å²) in [6.07, 6.45) is 4.34. The van der Waals surface area contributed by atoms with Crippen molar-refractivity contribution in [1.29, 1.82) is 0 Å². The summed E-state index contributed by atoms with van der Waals surface area (Å²) in [7, 11) is 0. The predicted molar refractivity (Wildman–Crippen MR) is 82.8 cm³/mol. The molecule has 2 rings (SSSR count). The van der Waals surface area contributed by atoms with Crippen LogP contribution in [0.25, 0.3) is 0 Å². The smallest absolute Gasteiger partial charge is 0.322 e. The van der Waals surface area contributed by atoms with E-state index in [0.717, 1.165) is 31.4 Å². The number of rotatable bonds is 4. The lowest BCUT2D eigenvalue weighted by Crippen LogP contribution is -2.55. The molecular weight excluding hydrogens is 250 g/mol. The average Bonchev–Trinajstić information content (AvgIpc) is 2.92. The fourth-order valence-electron chi connectivity index (χ4n) is 3.14. The van der Waals surface area contributed by atoms with Gasteiger partial charge in [0, 0.05) is 18.8 Å². The molecular formula is C16H25N3O. The highest BCUT2D eigenvalue weighted by Crippen LogP contribution is 2.34. The highest BCUT2D eigenvalue weighted by Gasteiger charge is 2.40. The standard InChI is InChI=1S/C16H25N3O/c1-3-19(16(12-17)10-4-5-11-16)15(20)18-14-8-6-13(2)7-9-14/h6-9H,3-5,10-12,17H2,1-2H3,(H,18,20). The maximum atomic E-state index is 12.5. The summed E-state index contributed by atoms with van der Waals surface area (Å²) in [4.78, 5) is 14.5. The second-order valence-electron chi connectivity index (χ2n) is 5.68. The van der Waals surface area contributed by atoms with E-state index in [4.69, 9.17) is 5.73 Å². The Morgan fingerprint density at radius 1 is 1.30 bits per heavy atom. The highest BCUT2D eigenvalue weighted by atomic mass is 16.2. The molecule has 0 saturated heterocycles. The molecule has 20 heavy (non-hydrogen) atoms. The van der Waals surface area contributed by atoms with Crippen LogP contribution in [0.1, 0.15) is 38.2 Å². The van der Waals surface area contributed by atoms with Crippen molar-refractivity contribution in [2.45, 2.75) is 45.1 Å². The van der Waals surface area contributed by atoms with Gasteiger partial charge in [0.2, 0.25) is 0 Å². The van der Waals surface area contributed by atoms with E-state index >= 15 is 0 Å². The number of carbonyl (C=O) groups is 1. The van der Waals surface area contributed by atoms with Crippen LogP contribution in [0.15, 0.2) is 24.3 Å². The molecule has 0 aromatic heterocycles. The Hall–Kier alpha value is -1.55. The Labute approximate surface area is 121 Å². The first-order chi connectivity index (χ1) is 9.61. The van der Waals surface area contributed by atoms with E-state index < -0.39 is 0 Å². The summed E-state index contributed by atoms with van der Waals surface area (Å²) in [6.45, 7) is 5.29. The molecule has 0 radical (unpaired) electrons. The second kappa shape index (κ2) is 6.27. The van der Waals surface area contributed by atoms with Gasteiger partial charge in [-0.2, -0.15) is 0 Å². The first-order valence-corrected chi connectivity index (χ1v) is 7.46. The first kappa shape index (κ1) is 14.9. The molecule has 4 heteroatoms. The zero-order valence-corrected chi connectivity index (χ0v) is 12.5. The van der Waals surface area contributed by atoms with Crippen molar-refractivity contribution in [3.8, 4) is 0 Å². The molecule has 1 aliphatic carbocycles. The van der Waals surface area contributed by atoms with Gasteiger partial charge in [-0.25, -0.2) is 4.79 Å². The van der Waals surface area contributed by atoms with Crippen LogP contribution < -0.4 is 11.1 Å². The third kappa shape index (κ3) is 2.96. The van der Waals surface area contributed by atoms with E-state index in [1.54, 1.807) is 0 Å². The minimum absolute atomic E-state index is 0.0382. The van der Waals surface area contributed by atoms with E-state index in [0.29, 0.717) is 13.1 Å². The summed E-state index contributed by atoms with van der Waals surface area (Å²) < 4.78 is 0. The molecule has 2 amide bonds. The van der Waals surface area contributed by atoms with Crippen molar-refractivity contribution < 1.29 is 4.79 Å². The van der Waals surface area contributed by atoms with Gasteiger partial charge in [-0.1, -0.05) is 30.5 Å². The molecule has 0 aliphatic heterocycles. The Kier molecular flexibility index (Phi) is 4.65. The van der Waals surface area contributed by atoms with E-state index in [1.165, 1.54) is 5.56 Å². The molecule has 1 saturated carbocycles. The summed E-state index contributed by atoms with van der Waals surface area (Å²) in [6, 6.07) is 7.83. The van der Waals surface area contributed by atoms with Gasteiger partial charge in [0.05, 0.1) is 5.54 Å². The average molecular weight is 275 g/mol. The van der Waals surface area contributed by atoms with Crippen molar-refractivity contribution in [2.75, 3.05) is 18.4 Å². The molecule has 0 atom stereocenters. The molecule has 0 spiro atoms. The van der Waals surface area contributed by atoms with Crippen LogP contribution in [0, 0.1) is 6.92 Å². The van der Waals surface area contributed by atoms with E-state index in [1.807, 2.05) is 43.0 Å². The predicted octanol–water partition coefficient (Wildman–Crippen LogP) is 3.12. The maximum absolute atomic E-state index is 12.5. The van der Waals surface area contributed by atoms with Gasteiger partial charge < -0.3 is 16.0 Å². The van der Waals surface area contributed by atoms with E-state index in [-0.39, 0.29) is 11.6 Å². The van der Waals surface area contributed by atoms with Crippen LogP contribution in [-0.4, -0.2) is 29.6 Å². The van der Waals surface area contributed by atoms with E-state index in [9.17, 15) is 4.79 Å². The Morgan fingerprint density at radius 2 is 1.90 bits per heavy atom. The van der Waals surface area contributed by atoms with Gasteiger partial charge in [-0.15, -0.1) is 0 Å². The Bertz CT molecular complexity index is 449. The Morgan fingerprint density at radius 3 is 2.40 bits per heavy atom. The number of hydrogen-bond acceptors (Lipinski definition) is 2. The van der Waals surface area contributed by atoms with Crippen molar-refractivity contribution in [3.05, 3.63) is 29.8 Å². The number of nitrogens with two attached hydrogens (primary N) is 1. The topological polar surface area (TPSA) is 58.4 Å². The van der Waals surface area contributed by atoms with Crippen LogP contribution in [0.2, 0.25) is 0 Å². The number of hydrogen-bond donors (Lipinski definition) is 2. The lowest BCUT2D eigenvalue weighted by Gasteiger charge is -2.40. The quantitative estimate of drug-likeness (QED) is 0.887. The van der Waals surface area contributed by atoms with Gasteiger partial charge in [0.15, 0.2) is 0 Å². The van der Waals surface area contributed by atoms with Crippen molar-refractivity contribution in [1.82, 2.24) is 4.90 Å². The molecule has 1 aromatic rings. The lowest BCUT2D eigenvalue weighted by molar-refractivity contribution is 0.134. The zero-order valence-electron chi connectivity index (χ0n) is 12.5. The van der Waals surface area contributed by atoms with Crippen molar-refractivity contribution in [2.24, 2.45) is 5.73 Å². The molecule has 0 unspecified atom stereocenters. The van der Waals surface area contributed by atoms with Crippen LogP contribution in [0.3, 0.4) is 0 Å². The molecule has 1 fully saturated rings. The highest BCUT2D eigenvalue weighted by molar-refractivity contribution is 5.90. The summed E-state index contributed by atoms with van der Waals surface area (Å²) in [5.74, 6) is 0. The Balaban J connectivity index is 2.10. The molecule has 1 aliphatic rings. The first-order valence-electron chi connectivity index (χ1n) is 7.46. The number of carbonyl (C=O) groups excluding carboxylic acids is 1. The van der Waals surface area contributed by atoms with Gasteiger partial charge >= 0.3 is 6.03 Å². The number of nitrogens with one attached hydrogen (secondary N) is 1. The lowest BCUT2D eigenvalue weighted by atomic mass is 9.95. The summed E-state index contributed by atoms with van der Waals surface area (Å²) in [5, 5.41) is 2.99. The van der Waals surface area contributed by atoms with Crippen molar-refractivity contribution in [3.63, 3.8) is 0 Å². The monoisotopic (exact) mass is 275 g/mol. The zero-order chi connectivity index (χ0) is 14.6. The number of aryl methyl sites for hydroxylation is 1. The summed E-state index contributed by atoms with van der Waals surface area (Å²) in [5.41, 5.74) is 7.85. The number of amides is 2. The van der Waals surface area contributed by atoms with Gasteiger partial charge in [0.25, 0.3) is 0 Å². The third-order valence-corrected chi connectivity index (χ3v) is 4.35. The minimum Gasteiger partial charge on any atom is -0.328 e. The fraction of sp³-hybridized carbons (Fsp3) is 0.562. The van der Waals surface area contributed by atoms with Gasteiger partial charge in [-0.3, -0.25) is 0 Å². The molecule has 0 heterocycles. The van der Waals surface area contributed by atoms with Crippen LogP contribution >= 0.6 is 0 Å². The molecule has 3 N–H and O–H groups in total. The minimum atomic E-state index is -0.149. The van der Waals surface area contributed by atoms with Crippen LogP contribution in [-0.2, 0) is 0 Å². The molecule has 4 nitrogen and oxygen atoms in total. The number of anilines is 1. The number of urea groups is 1. The van der Waals surface area contributed by atoms with E-state index in [2.05, 4.69) is 5.32 Å². The SMILES string of the molecule is CCN(C(=O)Nc1ccc(C)cc1)C1(CN)CCCC1. The normalized spacial score (nSPS) is 16.9. The van der Waals surface area contributed by atoms with Crippen LogP contribution in [0.4, 0.5) is 10.5 Å². The number of nitrogens with zero attached hydrogens (tertiary/aromatic N) is 1. The molecule has 110 valence electrons. The fourth-order valence-corrected chi connectivity index (χ4v) is 3.14. The van der Waals surface area contributed by atoms with Crippen LogP contribution in [0.5, 0.6) is 0 Å². The number of likely N-dealkylation sites (N-methyl/N-ethyl adjacent to an activating group) is 1. The third-order valence-electron chi connectivity index (χ3n) is 4.35. The maximum Gasteiger partial charge on any atom is 0.322 e. The largest absolute Gasteiger partial charge is 0.328 e.